The molecule has 0 N–H and O–H groups in total. The quantitative estimate of drug-likeness (QED) is 0.779. The van der Waals surface area contributed by atoms with Crippen molar-refractivity contribution < 1.29 is 4.74 Å². The number of benzene rings is 2. The van der Waals surface area contributed by atoms with Gasteiger partial charge in [0.1, 0.15) is 12.4 Å². The Bertz CT molecular complexity index is 469. The summed E-state index contributed by atoms with van der Waals surface area (Å²) in [5.74, 6) is 0.846. The molecule has 0 saturated heterocycles. The van der Waals surface area contributed by atoms with E-state index in [1.165, 1.54) is 0 Å². The number of hydrogen-bond acceptors (Lipinski definition) is 1. The summed E-state index contributed by atoms with van der Waals surface area (Å²) in [5, 5.41) is 0. The monoisotopic (exact) mass is 340 g/mol. The van der Waals surface area contributed by atoms with E-state index in [4.69, 9.17) is 4.74 Å². The van der Waals surface area contributed by atoms with Gasteiger partial charge in [0.2, 0.25) is 0 Å². The zero-order valence-corrected chi connectivity index (χ0v) is 11.7. The molecule has 0 radical (unpaired) electrons. The molecule has 0 saturated carbocycles. The lowest BCUT2D eigenvalue weighted by atomic mass is 10.2. The van der Waals surface area contributed by atoms with E-state index in [-0.39, 0.29) is 0 Å². The normalized spacial score (nSPS) is 10.1. The summed E-state index contributed by atoms with van der Waals surface area (Å²) in [4.78, 5) is 0. The molecule has 0 fully saturated rings. The van der Waals surface area contributed by atoms with Crippen molar-refractivity contribution in [2.45, 2.75) is 6.61 Å². The molecule has 82 valence electrons. The van der Waals surface area contributed by atoms with Crippen molar-refractivity contribution in [1.29, 1.82) is 0 Å². The third-order valence-electron chi connectivity index (χ3n) is 2.15. The zero-order valence-electron chi connectivity index (χ0n) is 8.49. The van der Waals surface area contributed by atoms with E-state index < -0.39 is 0 Å². The Labute approximate surface area is 112 Å². The second-order valence-corrected chi connectivity index (χ2v) is 4.97. The van der Waals surface area contributed by atoms with Crippen LogP contribution in [0.15, 0.2) is 57.5 Å². The highest BCUT2D eigenvalue weighted by atomic mass is 79.9. The van der Waals surface area contributed by atoms with Crippen molar-refractivity contribution in [3.63, 3.8) is 0 Å². The molecule has 1 nitrogen and oxygen atoms in total. The Kier molecular flexibility index (Phi) is 4.02. The SMILES string of the molecule is Brc1cccc(OCc2ccccc2)c1Br. The van der Waals surface area contributed by atoms with Crippen molar-refractivity contribution >= 4 is 31.9 Å². The second-order valence-electron chi connectivity index (χ2n) is 3.33. The predicted molar refractivity (Wildman–Crippen MR) is 72.6 cm³/mol. The zero-order chi connectivity index (χ0) is 11.4. The van der Waals surface area contributed by atoms with Gasteiger partial charge in [0, 0.05) is 4.47 Å². The van der Waals surface area contributed by atoms with Crippen molar-refractivity contribution in [2.75, 3.05) is 0 Å². The van der Waals surface area contributed by atoms with Crippen LogP contribution in [0, 0.1) is 0 Å². The minimum atomic E-state index is 0.579. The molecule has 0 amide bonds. The van der Waals surface area contributed by atoms with Gasteiger partial charge in [-0.3, -0.25) is 0 Å². The van der Waals surface area contributed by atoms with Crippen LogP contribution in [0.3, 0.4) is 0 Å². The van der Waals surface area contributed by atoms with Gasteiger partial charge in [-0.05, 0) is 49.6 Å². The number of hydrogen-bond donors (Lipinski definition) is 0. The van der Waals surface area contributed by atoms with Gasteiger partial charge in [-0.25, -0.2) is 0 Å². The minimum absolute atomic E-state index is 0.579. The predicted octanol–water partition coefficient (Wildman–Crippen LogP) is 4.79. The molecule has 0 heterocycles. The first-order chi connectivity index (χ1) is 7.77. The summed E-state index contributed by atoms with van der Waals surface area (Å²) in [7, 11) is 0. The molecule has 0 aromatic heterocycles. The van der Waals surface area contributed by atoms with E-state index in [0.717, 1.165) is 20.3 Å². The Hall–Kier alpha value is -0.800. The maximum atomic E-state index is 5.73. The topological polar surface area (TPSA) is 9.23 Å². The van der Waals surface area contributed by atoms with Crippen molar-refractivity contribution in [1.82, 2.24) is 0 Å². The lowest BCUT2D eigenvalue weighted by Crippen LogP contribution is -1.95. The molecule has 3 heteroatoms. The lowest BCUT2D eigenvalue weighted by molar-refractivity contribution is 0.304. The van der Waals surface area contributed by atoms with Crippen molar-refractivity contribution in [2.24, 2.45) is 0 Å². The van der Waals surface area contributed by atoms with Gasteiger partial charge in [0.15, 0.2) is 0 Å². The molecule has 0 aliphatic rings. The fourth-order valence-electron chi connectivity index (χ4n) is 1.33. The Morgan fingerprint density at radius 2 is 1.62 bits per heavy atom. The summed E-state index contributed by atoms with van der Waals surface area (Å²) in [6.45, 7) is 0.579. The van der Waals surface area contributed by atoms with Crippen molar-refractivity contribution in [3.8, 4) is 5.75 Å². The van der Waals surface area contributed by atoms with Crippen LogP contribution in [-0.2, 0) is 6.61 Å². The first-order valence-corrected chi connectivity index (χ1v) is 6.47. The number of halogens is 2. The Balaban J connectivity index is 2.08. The molecular formula is C13H10Br2O. The van der Waals surface area contributed by atoms with Gasteiger partial charge < -0.3 is 4.74 Å². The highest BCUT2D eigenvalue weighted by Gasteiger charge is 2.04. The van der Waals surface area contributed by atoms with Gasteiger partial charge in [-0.1, -0.05) is 36.4 Å². The van der Waals surface area contributed by atoms with E-state index in [2.05, 4.69) is 31.9 Å². The smallest absolute Gasteiger partial charge is 0.135 e. The van der Waals surface area contributed by atoms with Crippen molar-refractivity contribution in [3.05, 3.63) is 63.0 Å². The van der Waals surface area contributed by atoms with Crippen LogP contribution in [0.2, 0.25) is 0 Å². The van der Waals surface area contributed by atoms with Crippen LogP contribution in [0.25, 0.3) is 0 Å². The van der Waals surface area contributed by atoms with Gasteiger partial charge >= 0.3 is 0 Å². The fraction of sp³-hybridized carbons (Fsp3) is 0.0769. The molecule has 0 spiro atoms. The van der Waals surface area contributed by atoms with E-state index in [1.54, 1.807) is 0 Å². The Morgan fingerprint density at radius 1 is 0.875 bits per heavy atom. The van der Waals surface area contributed by atoms with Crippen LogP contribution < -0.4 is 4.74 Å². The van der Waals surface area contributed by atoms with Crippen LogP contribution in [0.5, 0.6) is 5.75 Å². The fourth-order valence-corrected chi connectivity index (χ4v) is 2.06. The highest BCUT2D eigenvalue weighted by molar-refractivity contribution is 9.13. The molecule has 2 aromatic carbocycles. The molecule has 16 heavy (non-hydrogen) atoms. The molecule has 0 atom stereocenters. The van der Waals surface area contributed by atoms with Crippen LogP contribution in [0.1, 0.15) is 5.56 Å². The molecule has 2 rings (SSSR count). The minimum Gasteiger partial charge on any atom is -0.488 e. The summed E-state index contributed by atoms with van der Waals surface area (Å²) in [6, 6.07) is 16.0. The van der Waals surface area contributed by atoms with Crippen LogP contribution >= 0.6 is 31.9 Å². The molecule has 0 bridgehead atoms. The van der Waals surface area contributed by atoms with E-state index in [0.29, 0.717) is 6.61 Å². The summed E-state index contributed by atoms with van der Waals surface area (Å²) in [5.41, 5.74) is 1.16. The molecule has 0 aliphatic carbocycles. The summed E-state index contributed by atoms with van der Waals surface area (Å²) < 4.78 is 7.67. The first-order valence-electron chi connectivity index (χ1n) is 4.88. The average molecular weight is 342 g/mol. The van der Waals surface area contributed by atoms with E-state index >= 15 is 0 Å². The maximum Gasteiger partial charge on any atom is 0.135 e. The molecule has 0 unspecified atom stereocenters. The third kappa shape index (κ3) is 2.86. The van der Waals surface area contributed by atoms with Crippen LogP contribution in [-0.4, -0.2) is 0 Å². The van der Waals surface area contributed by atoms with Gasteiger partial charge in [-0.2, -0.15) is 0 Å². The lowest BCUT2D eigenvalue weighted by Gasteiger charge is -2.08. The largest absolute Gasteiger partial charge is 0.488 e. The third-order valence-corrected chi connectivity index (χ3v) is 4.16. The second kappa shape index (κ2) is 5.51. The highest BCUT2D eigenvalue weighted by Crippen LogP contribution is 2.32. The van der Waals surface area contributed by atoms with Gasteiger partial charge in [0.25, 0.3) is 0 Å². The summed E-state index contributed by atoms with van der Waals surface area (Å²) in [6.07, 6.45) is 0. The number of ether oxygens (including phenoxy) is 1. The number of rotatable bonds is 3. The van der Waals surface area contributed by atoms with Gasteiger partial charge in [0.05, 0.1) is 4.47 Å². The van der Waals surface area contributed by atoms with Gasteiger partial charge in [-0.15, -0.1) is 0 Å². The molecule has 2 aromatic rings. The summed E-state index contributed by atoms with van der Waals surface area (Å²) >= 11 is 6.93. The molecule has 0 aliphatic heterocycles. The average Bonchev–Trinajstić information content (AvgIpc) is 2.32. The van der Waals surface area contributed by atoms with E-state index in [1.807, 2.05) is 48.5 Å². The molecular weight excluding hydrogens is 332 g/mol. The maximum absolute atomic E-state index is 5.73. The standard InChI is InChI=1S/C13H10Br2O/c14-11-7-4-8-12(13(11)15)16-9-10-5-2-1-3-6-10/h1-8H,9H2. The van der Waals surface area contributed by atoms with E-state index in [9.17, 15) is 0 Å². The first kappa shape index (κ1) is 11.7. The van der Waals surface area contributed by atoms with Crippen LogP contribution in [0.4, 0.5) is 0 Å². The Morgan fingerprint density at radius 3 is 2.38 bits per heavy atom.